The first kappa shape index (κ1) is 16.9. The number of ether oxygens (including phenoxy) is 2. The monoisotopic (exact) mass is 326 g/mol. The van der Waals surface area contributed by atoms with Gasteiger partial charge in [-0.3, -0.25) is 4.79 Å². The van der Waals surface area contributed by atoms with Crippen LogP contribution in [0, 0.1) is 0 Å². The van der Waals surface area contributed by atoms with Gasteiger partial charge in [0.2, 0.25) is 5.91 Å². The van der Waals surface area contributed by atoms with Crippen molar-refractivity contribution in [1.82, 2.24) is 10.6 Å². The van der Waals surface area contributed by atoms with Crippen molar-refractivity contribution in [2.45, 2.75) is 38.8 Å². The van der Waals surface area contributed by atoms with Crippen LogP contribution in [0.15, 0.2) is 12.1 Å². The van der Waals surface area contributed by atoms with E-state index in [1.165, 1.54) is 0 Å². The number of amides is 1. The third-order valence-electron chi connectivity index (χ3n) is 3.66. The van der Waals surface area contributed by atoms with Crippen molar-refractivity contribution in [3.8, 4) is 11.5 Å². The lowest BCUT2D eigenvalue weighted by Crippen LogP contribution is -2.42. The minimum Gasteiger partial charge on any atom is -0.491 e. The quantitative estimate of drug-likeness (QED) is 0.843. The van der Waals surface area contributed by atoms with Crippen molar-refractivity contribution < 1.29 is 14.3 Å². The molecule has 6 heteroatoms. The van der Waals surface area contributed by atoms with Gasteiger partial charge >= 0.3 is 0 Å². The van der Waals surface area contributed by atoms with Crippen LogP contribution in [0.5, 0.6) is 11.5 Å². The highest BCUT2D eigenvalue weighted by atomic mass is 35.5. The number of methoxy groups -OCH3 is 1. The molecular weight excluding hydrogens is 304 g/mol. The van der Waals surface area contributed by atoms with Crippen LogP contribution in [0.25, 0.3) is 0 Å². The molecule has 1 aromatic rings. The van der Waals surface area contributed by atoms with E-state index in [2.05, 4.69) is 10.6 Å². The molecule has 5 nitrogen and oxygen atoms in total. The third kappa shape index (κ3) is 4.27. The number of carbonyl (C=O) groups excluding carboxylic acids is 1. The lowest BCUT2D eigenvalue weighted by molar-refractivity contribution is -0.122. The van der Waals surface area contributed by atoms with Crippen molar-refractivity contribution in [1.29, 1.82) is 0 Å². The summed E-state index contributed by atoms with van der Waals surface area (Å²) in [6.45, 7) is 3.77. The van der Waals surface area contributed by atoms with Gasteiger partial charge < -0.3 is 20.1 Å². The third-order valence-corrected chi connectivity index (χ3v) is 3.94. The second kappa shape index (κ2) is 8.25. The van der Waals surface area contributed by atoms with Gasteiger partial charge in [0.05, 0.1) is 24.8 Å². The van der Waals surface area contributed by atoms with Crippen LogP contribution in [0.2, 0.25) is 5.02 Å². The van der Waals surface area contributed by atoms with Gasteiger partial charge in [0.25, 0.3) is 0 Å². The Balaban J connectivity index is 2.07. The molecular formula is C16H23ClN2O3. The normalized spacial score (nSPS) is 18.5. The molecule has 1 aliphatic rings. The molecule has 1 saturated heterocycles. The Bertz CT molecular complexity index is 522. The summed E-state index contributed by atoms with van der Waals surface area (Å²) in [5.74, 6) is 1.24. The van der Waals surface area contributed by atoms with E-state index in [0.29, 0.717) is 29.7 Å². The van der Waals surface area contributed by atoms with Crippen molar-refractivity contribution in [2.24, 2.45) is 0 Å². The fourth-order valence-electron chi connectivity index (χ4n) is 2.56. The van der Waals surface area contributed by atoms with E-state index < -0.39 is 0 Å². The Kier molecular flexibility index (Phi) is 6.34. The van der Waals surface area contributed by atoms with E-state index in [-0.39, 0.29) is 11.9 Å². The summed E-state index contributed by atoms with van der Waals surface area (Å²) >= 11 is 6.23. The number of halogens is 1. The highest BCUT2D eigenvalue weighted by Crippen LogP contribution is 2.36. The Morgan fingerprint density at radius 2 is 2.23 bits per heavy atom. The van der Waals surface area contributed by atoms with Gasteiger partial charge in [-0.2, -0.15) is 0 Å². The molecule has 22 heavy (non-hydrogen) atoms. The van der Waals surface area contributed by atoms with Gasteiger partial charge in [0.1, 0.15) is 0 Å². The summed E-state index contributed by atoms with van der Waals surface area (Å²) in [7, 11) is 1.57. The molecule has 0 aromatic heterocycles. The molecule has 1 aromatic carbocycles. The Labute approximate surface area is 136 Å². The summed E-state index contributed by atoms with van der Waals surface area (Å²) in [6.07, 6.45) is 2.94. The average Bonchev–Trinajstić information content (AvgIpc) is 2.70. The van der Waals surface area contributed by atoms with Gasteiger partial charge in [0, 0.05) is 13.1 Å². The molecule has 0 bridgehead atoms. The Morgan fingerprint density at radius 3 is 2.95 bits per heavy atom. The number of hydrogen-bond acceptors (Lipinski definition) is 4. The molecule has 1 heterocycles. The topological polar surface area (TPSA) is 59.6 Å². The van der Waals surface area contributed by atoms with Crippen LogP contribution in [-0.2, 0) is 11.3 Å². The number of rotatable bonds is 6. The first-order valence-electron chi connectivity index (χ1n) is 7.66. The smallest absolute Gasteiger partial charge is 0.237 e. The fourth-order valence-corrected chi connectivity index (χ4v) is 2.87. The van der Waals surface area contributed by atoms with Crippen LogP contribution in [-0.4, -0.2) is 32.2 Å². The summed E-state index contributed by atoms with van der Waals surface area (Å²) in [5, 5.41) is 6.72. The number of benzene rings is 1. The minimum absolute atomic E-state index is 0.0714. The lowest BCUT2D eigenvalue weighted by atomic mass is 10.1. The highest BCUT2D eigenvalue weighted by Gasteiger charge is 2.20. The van der Waals surface area contributed by atoms with E-state index >= 15 is 0 Å². The molecule has 1 amide bonds. The van der Waals surface area contributed by atoms with Crippen LogP contribution >= 0.6 is 11.6 Å². The second-order valence-corrected chi connectivity index (χ2v) is 5.67. The zero-order chi connectivity index (χ0) is 15.9. The van der Waals surface area contributed by atoms with E-state index in [0.717, 1.165) is 31.4 Å². The predicted octanol–water partition coefficient (Wildman–Crippen LogP) is 2.51. The maximum atomic E-state index is 11.9. The first-order chi connectivity index (χ1) is 10.7. The van der Waals surface area contributed by atoms with Crippen molar-refractivity contribution >= 4 is 17.5 Å². The van der Waals surface area contributed by atoms with Crippen LogP contribution in [0.3, 0.4) is 0 Å². The SMILES string of the molecule is CCOc1cc(CNC2CCCCNC2=O)cc(Cl)c1OC. The minimum atomic E-state index is -0.154. The molecule has 1 unspecified atom stereocenters. The summed E-state index contributed by atoms with van der Waals surface area (Å²) in [6, 6.07) is 3.58. The van der Waals surface area contributed by atoms with Crippen LogP contribution in [0.1, 0.15) is 31.7 Å². The number of nitrogens with one attached hydrogen (secondary N) is 2. The van der Waals surface area contributed by atoms with Gasteiger partial charge in [-0.05, 0) is 43.9 Å². The molecule has 1 atom stereocenters. The predicted molar refractivity (Wildman–Crippen MR) is 86.7 cm³/mol. The second-order valence-electron chi connectivity index (χ2n) is 5.26. The zero-order valence-corrected chi connectivity index (χ0v) is 13.8. The maximum Gasteiger partial charge on any atom is 0.237 e. The fraction of sp³-hybridized carbons (Fsp3) is 0.562. The molecule has 0 saturated carbocycles. The van der Waals surface area contributed by atoms with Crippen LogP contribution < -0.4 is 20.1 Å². The number of carbonyl (C=O) groups is 1. The van der Waals surface area contributed by atoms with Gasteiger partial charge in [-0.15, -0.1) is 0 Å². The van der Waals surface area contributed by atoms with Crippen molar-refractivity contribution in [3.05, 3.63) is 22.7 Å². The van der Waals surface area contributed by atoms with Crippen molar-refractivity contribution in [3.63, 3.8) is 0 Å². The maximum absolute atomic E-state index is 11.9. The van der Waals surface area contributed by atoms with Gasteiger partial charge in [0.15, 0.2) is 11.5 Å². The van der Waals surface area contributed by atoms with E-state index in [1.54, 1.807) is 7.11 Å². The van der Waals surface area contributed by atoms with Crippen LogP contribution in [0.4, 0.5) is 0 Å². The van der Waals surface area contributed by atoms with E-state index in [4.69, 9.17) is 21.1 Å². The standard InChI is InChI=1S/C16H23ClN2O3/c1-3-22-14-9-11(8-12(17)15(14)21-2)10-19-13-6-4-5-7-18-16(13)20/h8-9,13,19H,3-7,10H2,1-2H3,(H,18,20). The molecule has 1 aliphatic heterocycles. The summed E-state index contributed by atoms with van der Waals surface area (Å²) < 4.78 is 10.8. The molecule has 122 valence electrons. The largest absolute Gasteiger partial charge is 0.491 e. The molecule has 0 aliphatic carbocycles. The zero-order valence-electron chi connectivity index (χ0n) is 13.1. The molecule has 2 rings (SSSR count). The molecule has 0 radical (unpaired) electrons. The number of hydrogen-bond donors (Lipinski definition) is 2. The summed E-state index contributed by atoms with van der Waals surface area (Å²) in [5.41, 5.74) is 0.964. The molecule has 0 spiro atoms. The lowest BCUT2D eigenvalue weighted by Gasteiger charge is -2.17. The van der Waals surface area contributed by atoms with Gasteiger partial charge in [-0.25, -0.2) is 0 Å². The van der Waals surface area contributed by atoms with Crippen molar-refractivity contribution in [2.75, 3.05) is 20.3 Å². The average molecular weight is 327 g/mol. The highest BCUT2D eigenvalue weighted by molar-refractivity contribution is 6.32. The van der Waals surface area contributed by atoms with Gasteiger partial charge in [-0.1, -0.05) is 11.6 Å². The first-order valence-corrected chi connectivity index (χ1v) is 8.03. The summed E-state index contributed by atoms with van der Waals surface area (Å²) in [4.78, 5) is 11.9. The van der Waals surface area contributed by atoms with E-state index in [1.807, 2.05) is 19.1 Å². The Hall–Kier alpha value is -1.46. The molecule has 2 N–H and O–H groups in total. The molecule has 1 fully saturated rings. The Morgan fingerprint density at radius 1 is 1.41 bits per heavy atom. The van der Waals surface area contributed by atoms with E-state index in [9.17, 15) is 4.79 Å².